The van der Waals surface area contributed by atoms with Crippen LogP contribution >= 0.6 is 23.2 Å². The molecule has 100 valence electrons. The molecule has 0 fully saturated rings. The molecule has 1 heterocycles. The van der Waals surface area contributed by atoms with Crippen LogP contribution in [0.2, 0.25) is 10.0 Å². The highest BCUT2D eigenvalue weighted by molar-refractivity contribution is 6.36. The lowest BCUT2D eigenvalue weighted by Gasteiger charge is -1.98. The molecule has 2 aromatic rings. The van der Waals surface area contributed by atoms with Gasteiger partial charge in [-0.2, -0.15) is 0 Å². The second kappa shape index (κ2) is 6.04. The number of rotatable bonds is 5. The third-order valence-corrected chi connectivity index (χ3v) is 2.96. The summed E-state index contributed by atoms with van der Waals surface area (Å²) in [5.41, 5.74) is 0.600. The Hall–Kier alpha value is -1.59. The van der Waals surface area contributed by atoms with Crippen molar-refractivity contribution < 1.29 is 14.3 Å². The van der Waals surface area contributed by atoms with Crippen molar-refractivity contribution >= 4 is 29.2 Å². The Labute approximate surface area is 119 Å². The molecule has 0 amide bonds. The summed E-state index contributed by atoms with van der Waals surface area (Å²) in [5.74, 6) is -0.158. The molecule has 5 nitrogen and oxygen atoms in total. The van der Waals surface area contributed by atoms with Crippen LogP contribution in [0.1, 0.15) is 18.7 Å². The monoisotopic (exact) mass is 300 g/mol. The Bertz CT molecular complexity index is 598. The van der Waals surface area contributed by atoms with E-state index in [1.54, 1.807) is 18.2 Å². The lowest BCUT2D eigenvalue weighted by atomic mass is 10.2. The van der Waals surface area contributed by atoms with Gasteiger partial charge in [-0.05, 0) is 24.6 Å². The average Bonchev–Trinajstić information content (AvgIpc) is 2.77. The fourth-order valence-electron chi connectivity index (χ4n) is 1.52. The van der Waals surface area contributed by atoms with Crippen LogP contribution in [0.5, 0.6) is 0 Å². The van der Waals surface area contributed by atoms with E-state index >= 15 is 0 Å². The molecule has 0 aliphatic carbocycles. The van der Waals surface area contributed by atoms with Gasteiger partial charge in [-0.3, -0.25) is 4.79 Å². The number of carboxylic acid groups (broad SMARTS) is 1. The van der Waals surface area contributed by atoms with Crippen LogP contribution in [0.4, 0.5) is 0 Å². The molecule has 0 radical (unpaired) electrons. The molecule has 0 atom stereocenters. The Morgan fingerprint density at radius 2 is 2.11 bits per heavy atom. The van der Waals surface area contributed by atoms with Crippen molar-refractivity contribution in [2.75, 3.05) is 0 Å². The van der Waals surface area contributed by atoms with Gasteiger partial charge in [0.1, 0.15) is 0 Å². The standard InChI is InChI=1S/C12H10Cl2N2O3/c13-7-4-5-8(9(14)6-7)12-16-15-10(19-12)2-1-3-11(17)18/h4-6H,1-3H2,(H,17,18). The predicted octanol–water partition coefficient (Wildman–Crippen LogP) is 3.45. The molecular weight excluding hydrogens is 291 g/mol. The van der Waals surface area contributed by atoms with Crippen molar-refractivity contribution in [3.63, 3.8) is 0 Å². The fraction of sp³-hybridized carbons (Fsp3) is 0.250. The minimum Gasteiger partial charge on any atom is -0.481 e. The first-order chi connectivity index (χ1) is 9.06. The first-order valence-corrected chi connectivity index (χ1v) is 6.31. The topological polar surface area (TPSA) is 76.2 Å². The van der Waals surface area contributed by atoms with Crippen LogP contribution in [0.3, 0.4) is 0 Å². The Kier molecular flexibility index (Phi) is 4.39. The van der Waals surface area contributed by atoms with E-state index in [1.165, 1.54) is 0 Å². The number of benzene rings is 1. The number of carbonyl (C=O) groups is 1. The zero-order valence-electron chi connectivity index (χ0n) is 9.77. The Morgan fingerprint density at radius 3 is 2.79 bits per heavy atom. The smallest absolute Gasteiger partial charge is 0.303 e. The summed E-state index contributed by atoms with van der Waals surface area (Å²) in [5, 5.41) is 17.2. The van der Waals surface area contributed by atoms with Gasteiger partial charge in [0.05, 0.1) is 10.6 Å². The van der Waals surface area contributed by atoms with E-state index in [1.807, 2.05) is 0 Å². The number of aryl methyl sites for hydroxylation is 1. The van der Waals surface area contributed by atoms with E-state index in [0.717, 1.165) is 0 Å². The minimum atomic E-state index is -0.847. The summed E-state index contributed by atoms with van der Waals surface area (Å²) in [6, 6.07) is 4.96. The molecular formula is C12H10Cl2N2O3. The summed E-state index contributed by atoms with van der Waals surface area (Å²) in [4.78, 5) is 10.4. The molecule has 1 N–H and O–H groups in total. The van der Waals surface area contributed by atoms with Crippen LogP contribution in [-0.4, -0.2) is 21.3 Å². The highest BCUT2D eigenvalue weighted by Crippen LogP contribution is 2.29. The first-order valence-electron chi connectivity index (χ1n) is 5.56. The molecule has 7 heteroatoms. The highest BCUT2D eigenvalue weighted by atomic mass is 35.5. The van der Waals surface area contributed by atoms with Crippen LogP contribution in [0, 0.1) is 0 Å². The van der Waals surface area contributed by atoms with Crippen molar-refractivity contribution in [3.8, 4) is 11.5 Å². The van der Waals surface area contributed by atoms with Crippen molar-refractivity contribution in [3.05, 3.63) is 34.1 Å². The summed E-state index contributed by atoms with van der Waals surface area (Å²) in [6.07, 6.45) is 0.940. The van der Waals surface area contributed by atoms with Gasteiger partial charge in [0.15, 0.2) is 0 Å². The maximum absolute atomic E-state index is 10.4. The molecule has 1 aromatic carbocycles. The van der Waals surface area contributed by atoms with E-state index < -0.39 is 5.97 Å². The van der Waals surface area contributed by atoms with Gasteiger partial charge in [0.2, 0.25) is 11.8 Å². The maximum Gasteiger partial charge on any atom is 0.303 e. The second-order valence-corrected chi connectivity index (χ2v) is 4.72. The molecule has 0 aliphatic heterocycles. The van der Waals surface area contributed by atoms with E-state index in [2.05, 4.69) is 10.2 Å². The highest BCUT2D eigenvalue weighted by Gasteiger charge is 2.12. The third kappa shape index (κ3) is 3.68. The summed E-state index contributed by atoms with van der Waals surface area (Å²) in [6.45, 7) is 0. The molecule has 2 rings (SSSR count). The molecule has 0 spiro atoms. The number of aliphatic carboxylic acids is 1. The maximum atomic E-state index is 10.4. The molecule has 0 aliphatic rings. The van der Waals surface area contributed by atoms with Gasteiger partial charge in [-0.25, -0.2) is 0 Å². The van der Waals surface area contributed by atoms with Crippen molar-refractivity contribution in [2.45, 2.75) is 19.3 Å². The molecule has 1 aromatic heterocycles. The second-order valence-electron chi connectivity index (χ2n) is 3.87. The third-order valence-electron chi connectivity index (χ3n) is 2.41. The van der Waals surface area contributed by atoms with E-state index in [4.69, 9.17) is 32.7 Å². The average molecular weight is 301 g/mol. The summed E-state index contributed by atoms with van der Waals surface area (Å²) >= 11 is 11.8. The van der Waals surface area contributed by atoms with Gasteiger partial charge >= 0.3 is 5.97 Å². The van der Waals surface area contributed by atoms with Crippen LogP contribution in [0.25, 0.3) is 11.5 Å². The van der Waals surface area contributed by atoms with Crippen LogP contribution < -0.4 is 0 Å². The normalized spacial score (nSPS) is 10.6. The van der Waals surface area contributed by atoms with E-state index in [9.17, 15) is 4.79 Å². The minimum absolute atomic E-state index is 0.0689. The van der Waals surface area contributed by atoms with E-state index in [0.29, 0.717) is 40.2 Å². The van der Waals surface area contributed by atoms with Gasteiger partial charge in [-0.15, -0.1) is 10.2 Å². The van der Waals surface area contributed by atoms with Crippen molar-refractivity contribution in [2.24, 2.45) is 0 Å². The van der Waals surface area contributed by atoms with Crippen molar-refractivity contribution in [1.29, 1.82) is 0 Å². The molecule has 0 saturated carbocycles. The predicted molar refractivity (Wildman–Crippen MR) is 70.3 cm³/mol. The number of carboxylic acids is 1. The number of nitrogens with zero attached hydrogens (tertiary/aromatic N) is 2. The SMILES string of the molecule is O=C(O)CCCc1nnc(-c2ccc(Cl)cc2Cl)o1. The zero-order valence-corrected chi connectivity index (χ0v) is 11.3. The number of halogens is 2. The molecule has 0 unspecified atom stereocenters. The van der Waals surface area contributed by atoms with Gasteiger partial charge < -0.3 is 9.52 Å². The summed E-state index contributed by atoms with van der Waals surface area (Å²) < 4.78 is 5.43. The first kappa shape index (κ1) is 13.8. The quantitative estimate of drug-likeness (QED) is 0.915. The number of aromatic nitrogens is 2. The van der Waals surface area contributed by atoms with Gasteiger partial charge in [-0.1, -0.05) is 23.2 Å². The van der Waals surface area contributed by atoms with E-state index in [-0.39, 0.29) is 6.42 Å². The molecule has 19 heavy (non-hydrogen) atoms. The van der Waals surface area contributed by atoms with Crippen LogP contribution in [-0.2, 0) is 11.2 Å². The Morgan fingerprint density at radius 1 is 1.32 bits per heavy atom. The number of hydrogen-bond acceptors (Lipinski definition) is 4. The lowest BCUT2D eigenvalue weighted by Crippen LogP contribution is -1.95. The Balaban J connectivity index is 2.10. The number of hydrogen-bond donors (Lipinski definition) is 1. The fourth-order valence-corrected chi connectivity index (χ4v) is 2.01. The zero-order chi connectivity index (χ0) is 13.8. The van der Waals surface area contributed by atoms with Crippen LogP contribution in [0.15, 0.2) is 22.6 Å². The molecule has 0 saturated heterocycles. The largest absolute Gasteiger partial charge is 0.481 e. The lowest BCUT2D eigenvalue weighted by molar-refractivity contribution is -0.137. The van der Waals surface area contributed by atoms with Gasteiger partial charge in [0.25, 0.3) is 0 Å². The summed E-state index contributed by atoms with van der Waals surface area (Å²) in [7, 11) is 0. The van der Waals surface area contributed by atoms with Gasteiger partial charge in [0, 0.05) is 17.9 Å². The van der Waals surface area contributed by atoms with Crippen molar-refractivity contribution in [1.82, 2.24) is 10.2 Å². The molecule has 0 bridgehead atoms.